The van der Waals surface area contributed by atoms with Gasteiger partial charge < -0.3 is 24.4 Å². The molecule has 0 aromatic heterocycles. The van der Waals surface area contributed by atoms with Crippen LogP contribution in [0.1, 0.15) is 22.8 Å². The van der Waals surface area contributed by atoms with Crippen molar-refractivity contribution in [3.05, 3.63) is 71.8 Å². The van der Waals surface area contributed by atoms with E-state index in [1.807, 2.05) is 12.1 Å². The molecule has 1 atom stereocenters. The molecule has 0 saturated heterocycles. The number of carbonyl (C=O) groups is 2. The van der Waals surface area contributed by atoms with Gasteiger partial charge in [0.2, 0.25) is 17.6 Å². The van der Waals surface area contributed by atoms with Crippen molar-refractivity contribution in [3.8, 4) is 17.2 Å². The first-order valence-electron chi connectivity index (χ1n) is 11.5. The van der Waals surface area contributed by atoms with Gasteiger partial charge in [0.25, 0.3) is 0 Å². The van der Waals surface area contributed by atoms with Gasteiger partial charge >= 0.3 is 6.18 Å². The first kappa shape index (κ1) is 27.2. The Kier molecular flexibility index (Phi) is 8.05. The van der Waals surface area contributed by atoms with Crippen LogP contribution in [0.4, 0.5) is 24.5 Å². The number of hydrogen-bond acceptors (Lipinski definition) is 6. The SMILES string of the molecule is COc1cc(C2CC(=O)N(CC(=O)Nc3ccccc3C(F)(F)F)c3ccccc3S2)cc(OC)c1OC. The number of fused-ring (bicyclic) bond motifs is 1. The van der Waals surface area contributed by atoms with E-state index in [0.717, 1.165) is 16.5 Å². The molecule has 3 aromatic rings. The van der Waals surface area contributed by atoms with E-state index in [1.54, 1.807) is 24.3 Å². The van der Waals surface area contributed by atoms with Gasteiger partial charge in [0.15, 0.2) is 11.5 Å². The third-order valence-electron chi connectivity index (χ3n) is 5.95. The monoisotopic (exact) mass is 546 g/mol. The summed E-state index contributed by atoms with van der Waals surface area (Å²) < 4.78 is 56.5. The van der Waals surface area contributed by atoms with Gasteiger partial charge in [0.05, 0.1) is 38.3 Å². The van der Waals surface area contributed by atoms with Crippen molar-refractivity contribution in [3.63, 3.8) is 0 Å². The summed E-state index contributed by atoms with van der Waals surface area (Å²) in [5.41, 5.74) is -0.0889. The van der Waals surface area contributed by atoms with Gasteiger partial charge in [-0.15, -0.1) is 11.8 Å². The number of amides is 2. The van der Waals surface area contributed by atoms with E-state index in [-0.39, 0.29) is 23.3 Å². The van der Waals surface area contributed by atoms with Crippen molar-refractivity contribution in [1.82, 2.24) is 0 Å². The molecule has 1 heterocycles. The van der Waals surface area contributed by atoms with Crippen molar-refractivity contribution < 1.29 is 37.0 Å². The van der Waals surface area contributed by atoms with Crippen molar-refractivity contribution in [2.75, 3.05) is 38.1 Å². The van der Waals surface area contributed by atoms with Gasteiger partial charge in [0, 0.05) is 16.6 Å². The number of alkyl halides is 3. The molecule has 200 valence electrons. The summed E-state index contributed by atoms with van der Waals surface area (Å²) in [4.78, 5) is 28.4. The first-order chi connectivity index (χ1) is 18.2. The third-order valence-corrected chi connectivity index (χ3v) is 7.28. The highest BCUT2D eigenvalue weighted by atomic mass is 32.2. The highest BCUT2D eigenvalue weighted by Crippen LogP contribution is 2.49. The molecule has 0 aliphatic carbocycles. The molecule has 0 spiro atoms. The van der Waals surface area contributed by atoms with E-state index < -0.39 is 24.2 Å². The minimum atomic E-state index is -4.64. The highest BCUT2D eigenvalue weighted by molar-refractivity contribution is 7.99. The topological polar surface area (TPSA) is 77.1 Å². The number of para-hydroxylation sites is 2. The lowest BCUT2D eigenvalue weighted by Crippen LogP contribution is -2.38. The Labute approximate surface area is 221 Å². The maximum absolute atomic E-state index is 13.5. The zero-order chi connectivity index (χ0) is 27.4. The van der Waals surface area contributed by atoms with Crippen LogP contribution in [0.3, 0.4) is 0 Å². The van der Waals surface area contributed by atoms with Crippen LogP contribution in [0.15, 0.2) is 65.6 Å². The van der Waals surface area contributed by atoms with Gasteiger partial charge in [-0.25, -0.2) is 0 Å². The van der Waals surface area contributed by atoms with E-state index >= 15 is 0 Å². The predicted molar refractivity (Wildman–Crippen MR) is 138 cm³/mol. The van der Waals surface area contributed by atoms with E-state index in [0.29, 0.717) is 22.9 Å². The van der Waals surface area contributed by atoms with Crippen LogP contribution in [-0.2, 0) is 15.8 Å². The molecule has 38 heavy (non-hydrogen) atoms. The van der Waals surface area contributed by atoms with E-state index in [1.165, 1.54) is 56.2 Å². The maximum Gasteiger partial charge on any atom is 0.418 e. The minimum Gasteiger partial charge on any atom is -0.493 e. The van der Waals surface area contributed by atoms with Gasteiger partial charge in [-0.05, 0) is 42.0 Å². The van der Waals surface area contributed by atoms with Crippen molar-refractivity contribution in [2.24, 2.45) is 0 Å². The number of ether oxygens (including phenoxy) is 3. The average Bonchev–Trinajstić information content (AvgIpc) is 3.03. The molecule has 0 radical (unpaired) electrons. The second-order valence-electron chi connectivity index (χ2n) is 8.31. The molecule has 1 unspecified atom stereocenters. The lowest BCUT2D eigenvalue weighted by molar-refractivity contribution is -0.137. The molecule has 7 nitrogen and oxygen atoms in total. The lowest BCUT2D eigenvalue weighted by atomic mass is 10.1. The molecule has 0 bridgehead atoms. The third kappa shape index (κ3) is 5.67. The number of nitrogens with zero attached hydrogens (tertiary/aromatic N) is 1. The molecule has 1 N–H and O–H groups in total. The Hall–Kier alpha value is -3.86. The second kappa shape index (κ2) is 11.3. The Balaban J connectivity index is 1.64. The quantitative estimate of drug-likeness (QED) is 0.395. The van der Waals surface area contributed by atoms with Crippen LogP contribution in [-0.4, -0.2) is 39.7 Å². The summed E-state index contributed by atoms with van der Waals surface area (Å²) >= 11 is 1.43. The fourth-order valence-corrected chi connectivity index (χ4v) is 5.46. The van der Waals surface area contributed by atoms with Gasteiger partial charge in [-0.2, -0.15) is 13.2 Å². The summed E-state index contributed by atoms with van der Waals surface area (Å²) in [6, 6.07) is 15.3. The van der Waals surface area contributed by atoms with Crippen molar-refractivity contribution >= 4 is 35.0 Å². The fourth-order valence-electron chi connectivity index (χ4n) is 4.20. The van der Waals surface area contributed by atoms with Crippen LogP contribution >= 0.6 is 11.8 Å². The summed E-state index contributed by atoms with van der Waals surface area (Å²) in [6.07, 6.45) is -4.62. The number of thioether (sulfide) groups is 1. The predicted octanol–water partition coefficient (Wildman–Crippen LogP) is 5.94. The minimum absolute atomic E-state index is 0.0183. The Morgan fingerprint density at radius 3 is 2.26 bits per heavy atom. The summed E-state index contributed by atoms with van der Waals surface area (Å²) in [5.74, 6) is 0.182. The van der Waals surface area contributed by atoms with Crippen LogP contribution in [0.25, 0.3) is 0 Å². The van der Waals surface area contributed by atoms with E-state index in [9.17, 15) is 22.8 Å². The smallest absolute Gasteiger partial charge is 0.418 e. The highest BCUT2D eigenvalue weighted by Gasteiger charge is 2.35. The van der Waals surface area contributed by atoms with Crippen molar-refractivity contribution in [2.45, 2.75) is 22.7 Å². The number of methoxy groups -OCH3 is 3. The summed E-state index contributed by atoms with van der Waals surface area (Å²) in [7, 11) is 4.49. The Morgan fingerprint density at radius 2 is 1.63 bits per heavy atom. The van der Waals surface area contributed by atoms with Gasteiger partial charge in [0.1, 0.15) is 6.54 Å². The molecule has 0 saturated carbocycles. The number of anilines is 2. The van der Waals surface area contributed by atoms with Crippen LogP contribution in [0.2, 0.25) is 0 Å². The molecule has 3 aromatic carbocycles. The molecule has 1 aliphatic rings. The zero-order valence-corrected chi connectivity index (χ0v) is 21.6. The first-order valence-corrected chi connectivity index (χ1v) is 12.4. The lowest BCUT2D eigenvalue weighted by Gasteiger charge is -2.22. The summed E-state index contributed by atoms with van der Waals surface area (Å²) in [5, 5.41) is 1.95. The molecular weight excluding hydrogens is 521 g/mol. The Morgan fingerprint density at radius 1 is 1.00 bits per heavy atom. The number of nitrogens with one attached hydrogen (secondary N) is 1. The Bertz CT molecular complexity index is 1320. The maximum atomic E-state index is 13.5. The number of benzene rings is 3. The van der Waals surface area contributed by atoms with Gasteiger partial charge in [-0.1, -0.05) is 24.3 Å². The van der Waals surface area contributed by atoms with Gasteiger partial charge in [-0.3, -0.25) is 9.59 Å². The molecular formula is C27H25F3N2O5S. The molecule has 0 fully saturated rings. The van der Waals surface area contributed by atoms with Crippen LogP contribution in [0.5, 0.6) is 17.2 Å². The van der Waals surface area contributed by atoms with Crippen LogP contribution in [0, 0.1) is 0 Å². The zero-order valence-electron chi connectivity index (χ0n) is 20.8. The molecule has 11 heteroatoms. The molecule has 4 rings (SSSR count). The largest absolute Gasteiger partial charge is 0.493 e. The average molecular weight is 547 g/mol. The van der Waals surface area contributed by atoms with E-state index in [4.69, 9.17) is 14.2 Å². The summed E-state index contributed by atoms with van der Waals surface area (Å²) in [6.45, 7) is -0.454. The number of halogens is 3. The second-order valence-corrected chi connectivity index (χ2v) is 9.55. The number of hydrogen-bond donors (Lipinski definition) is 1. The molecule has 2 amide bonds. The molecule has 1 aliphatic heterocycles. The number of carbonyl (C=O) groups excluding carboxylic acids is 2. The number of rotatable bonds is 7. The normalized spacial score (nSPS) is 15.4. The van der Waals surface area contributed by atoms with E-state index in [2.05, 4.69) is 5.32 Å². The van der Waals surface area contributed by atoms with Crippen molar-refractivity contribution in [1.29, 1.82) is 0 Å². The standard InChI is InChI=1S/C27H25F3N2O5S/c1-35-20-12-16(13-21(36-2)26(20)37-3)23-14-25(34)32(19-10-6-7-11-22(19)38-23)15-24(33)31-18-9-5-4-8-17(18)27(28,29)30/h4-13,23H,14-15H2,1-3H3,(H,31,33). The fraction of sp³-hybridized carbons (Fsp3) is 0.259. The van der Waals surface area contributed by atoms with Crippen LogP contribution < -0.4 is 24.4 Å².